The lowest BCUT2D eigenvalue weighted by atomic mass is 10.1. The molecule has 5 nitrogen and oxygen atoms in total. The van der Waals surface area contributed by atoms with Gasteiger partial charge in [0.05, 0.1) is 36.2 Å². The van der Waals surface area contributed by atoms with Gasteiger partial charge in [-0.25, -0.2) is 0 Å². The average Bonchev–Trinajstić information content (AvgIpc) is 2.68. The zero-order chi connectivity index (χ0) is 19.5. The summed E-state index contributed by atoms with van der Waals surface area (Å²) in [5, 5.41) is 4.46. The molecule has 0 amide bonds. The van der Waals surface area contributed by atoms with Crippen LogP contribution in [0.4, 0.5) is 5.69 Å². The normalized spacial score (nSPS) is 10.8. The number of methoxy groups -OCH3 is 1. The number of hydrogen-bond acceptors (Lipinski definition) is 5. The largest absolute Gasteiger partial charge is 0.495 e. The van der Waals surface area contributed by atoms with Crippen LogP contribution in [0.25, 0.3) is 0 Å². The van der Waals surface area contributed by atoms with Gasteiger partial charge >= 0.3 is 0 Å². The zero-order valence-corrected chi connectivity index (χ0v) is 16.5. The van der Waals surface area contributed by atoms with Gasteiger partial charge in [0, 0.05) is 0 Å². The number of hydrogen-bond donors (Lipinski definition) is 1. The van der Waals surface area contributed by atoms with Crippen LogP contribution in [-0.2, 0) is 0 Å². The fourth-order valence-electron chi connectivity index (χ4n) is 2.48. The minimum atomic E-state index is -0.230. The summed E-state index contributed by atoms with van der Waals surface area (Å²) < 4.78 is 10.9. The SMILES string of the molecule is CCCCCCOc1ccccc1C(=O)/C=N/Nc1ccc(OC)c(Cl)c1. The number of Topliss-reactive ketones (excluding diaryl/α,β-unsaturated/α-hetero) is 1. The third kappa shape index (κ3) is 6.61. The molecule has 144 valence electrons. The molecule has 0 unspecified atom stereocenters. The van der Waals surface area contributed by atoms with Gasteiger partial charge in [0.25, 0.3) is 0 Å². The lowest BCUT2D eigenvalue weighted by molar-refractivity contribution is 0.106. The van der Waals surface area contributed by atoms with E-state index in [1.165, 1.54) is 19.1 Å². The van der Waals surface area contributed by atoms with Crippen LogP contribution in [0.2, 0.25) is 5.02 Å². The third-order valence-corrected chi connectivity index (χ3v) is 4.23. The molecular weight excluding hydrogens is 364 g/mol. The average molecular weight is 389 g/mol. The van der Waals surface area contributed by atoms with Crippen molar-refractivity contribution in [2.45, 2.75) is 32.6 Å². The molecule has 0 radical (unpaired) electrons. The Bertz CT molecular complexity index is 778. The molecule has 0 saturated heterocycles. The van der Waals surface area contributed by atoms with E-state index in [1.54, 1.807) is 37.4 Å². The van der Waals surface area contributed by atoms with E-state index in [4.69, 9.17) is 21.1 Å². The molecule has 0 aliphatic heterocycles. The standard InChI is InChI=1S/C21H25ClN2O3/c1-3-4-5-8-13-27-20-10-7-6-9-17(20)19(25)15-23-24-16-11-12-21(26-2)18(22)14-16/h6-7,9-12,14-15,24H,3-5,8,13H2,1-2H3/b23-15+. The number of rotatable bonds is 11. The molecule has 6 heteroatoms. The minimum absolute atomic E-state index is 0.230. The highest BCUT2D eigenvalue weighted by Gasteiger charge is 2.10. The first-order chi connectivity index (χ1) is 13.2. The molecule has 0 aromatic heterocycles. The monoisotopic (exact) mass is 388 g/mol. The smallest absolute Gasteiger partial charge is 0.209 e. The summed E-state index contributed by atoms with van der Waals surface area (Å²) in [4.78, 5) is 12.4. The van der Waals surface area contributed by atoms with Gasteiger partial charge in [-0.05, 0) is 36.8 Å². The van der Waals surface area contributed by atoms with E-state index in [0.717, 1.165) is 12.8 Å². The molecule has 2 aromatic carbocycles. The van der Waals surface area contributed by atoms with E-state index in [9.17, 15) is 4.79 Å². The lowest BCUT2D eigenvalue weighted by Gasteiger charge is -2.09. The van der Waals surface area contributed by atoms with Gasteiger partial charge in [0.1, 0.15) is 11.5 Å². The molecule has 0 bridgehead atoms. The molecular formula is C21H25ClN2O3. The number of anilines is 1. The molecule has 0 atom stereocenters. The molecule has 0 saturated carbocycles. The predicted molar refractivity (Wildman–Crippen MR) is 111 cm³/mol. The van der Waals surface area contributed by atoms with Gasteiger partial charge in [0.15, 0.2) is 0 Å². The molecule has 1 N–H and O–H groups in total. The van der Waals surface area contributed by atoms with Gasteiger partial charge in [-0.3, -0.25) is 10.2 Å². The first kappa shape index (κ1) is 20.8. The summed E-state index contributed by atoms with van der Waals surface area (Å²) in [6.07, 6.45) is 5.71. The summed E-state index contributed by atoms with van der Waals surface area (Å²) in [7, 11) is 1.55. The highest BCUT2D eigenvalue weighted by atomic mass is 35.5. The summed E-state index contributed by atoms with van der Waals surface area (Å²) in [5.74, 6) is 0.927. The third-order valence-electron chi connectivity index (χ3n) is 3.94. The zero-order valence-electron chi connectivity index (χ0n) is 15.7. The number of nitrogens with one attached hydrogen (secondary N) is 1. The van der Waals surface area contributed by atoms with Gasteiger partial charge in [-0.15, -0.1) is 0 Å². The number of ether oxygens (including phenoxy) is 2. The molecule has 27 heavy (non-hydrogen) atoms. The highest BCUT2D eigenvalue weighted by Crippen LogP contribution is 2.27. The second kappa shape index (κ2) is 11.2. The molecule has 0 aliphatic carbocycles. The van der Waals surface area contributed by atoms with E-state index < -0.39 is 0 Å². The van der Waals surface area contributed by atoms with Crippen LogP contribution in [0, 0.1) is 0 Å². The van der Waals surface area contributed by atoms with Gasteiger partial charge in [-0.1, -0.05) is 49.9 Å². The van der Waals surface area contributed by atoms with Crippen molar-refractivity contribution in [1.29, 1.82) is 0 Å². The van der Waals surface area contributed by atoms with Crippen molar-refractivity contribution in [2.75, 3.05) is 19.1 Å². The van der Waals surface area contributed by atoms with Gasteiger partial charge in [0.2, 0.25) is 5.78 Å². The van der Waals surface area contributed by atoms with Crippen LogP contribution in [-0.4, -0.2) is 25.7 Å². The van der Waals surface area contributed by atoms with Crippen LogP contribution >= 0.6 is 11.6 Å². The van der Waals surface area contributed by atoms with E-state index in [2.05, 4.69) is 17.5 Å². The van der Waals surface area contributed by atoms with Crippen LogP contribution in [0.5, 0.6) is 11.5 Å². The summed E-state index contributed by atoms with van der Waals surface area (Å²) in [6, 6.07) is 12.4. The Hall–Kier alpha value is -2.53. The molecule has 0 fully saturated rings. The number of nitrogens with zero attached hydrogens (tertiary/aromatic N) is 1. The van der Waals surface area contributed by atoms with E-state index in [-0.39, 0.29) is 5.78 Å². The van der Waals surface area contributed by atoms with Crippen LogP contribution in [0.1, 0.15) is 43.0 Å². The Balaban J connectivity index is 1.95. The second-order valence-corrected chi connectivity index (χ2v) is 6.40. The Labute approximate surface area is 165 Å². The summed E-state index contributed by atoms with van der Waals surface area (Å²) in [6.45, 7) is 2.77. The molecule has 2 aromatic rings. The second-order valence-electron chi connectivity index (χ2n) is 5.99. The minimum Gasteiger partial charge on any atom is -0.495 e. The molecule has 0 spiro atoms. The number of hydrazone groups is 1. The summed E-state index contributed by atoms with van der Waals surface area (Å²) in [5.41, 5.74) is 3.94. The topological polar surface area (TPSA) is 59.9 Å². The number of unbranched alkanes of at least 4 members (excludes halogenated alkanes) is 3. The van der Waals surface area contributed by atoms with Crippen molar-refractivity contribution in [2.24, 2.45) is 5.10 Å². The van der Waals surface area contributed by atoms with E-state index in [0.29, 0.717) is 34.4 Å². The van der Waals surface area contributed by atoms with Crippen molar-refractivity contribution < 1.29 is 14.3 Å². The maximum Gasteiger partial charge on any atom is 0.209 e. The predicted octanol–water partition coefficient (Wildman–Crippen LogP) is 5.59. The number of halogens is 1. The number of carbonyl (C=O) groups excluding carboxylic acids is 1. The summed E-state index contributed by atoms with van der Waals surface area (Å²) >= 11 is 6.07. The fraction of sp³-hybridized carbons (Fsp3) is 0.333. The number of carbonyl (C=O) groups is 1. The van der Waals surface area contributed by atoms with Crippen molar-refractivity contribution in [1.82, 2.24) is 0 Å². The molecule has 0 aliphatic rings. The van der Waals surface area contributed by atoms with Crippen molar-refractivity contribution in [3.05, 3.63) is 53.1 Å². The lowest BCUT2D eigenvalue weighted by Crippen LogP contribution is -2.07. The Morgan fingerprint density at radius 3 is 2.70 bits per heavy atom. The van der Waals surface area contributed by atoms with Gasteiger partial charge < -0.3 is 9.47 Å². The van der Waals surface area contributed by atoms with E-state index >= 15 is 0 Å². The number of ketones is 1. The fourth-order valence-corrected chi connectivity index (χ4v) is 2.74. The van der Waals surface area contributed by atoms with Crippen molar-refractivity contribution >= 4 is 29.3 Å². The first-order valence-corrected chi connectivity index (χ1v) is 9.42. The first-order valence-electron chi connectivity index (χ1n) is 9.04. The highest BCUT2D eigenvalue weighted by molar-refractivity contribution is 6.36. The van der Waals surface area contributed by atoms with Crippen molar-refractivity contribution in [3.8, 4) is 11.5 Å². The maximum absolute atomic E-state index is 12.4. The quantitative estimate of drug-likeness (QED) is 0.236. The van der Waals surface area contributed by atoms with Crippen LogP contribution in [0.15, 0.2) is 47.6 Å². The molecule has 2 rings (SSSR count). The van der Waals surface area contributed by atoms with Crippen molar-refractivity contribution in [3.63, 3.8) is 0 Å². The Morgan fingerprint density at radius 1 is 1.15 bits per heavy atom. The van der Waals surface area contributed by atoms with Crippen LogP contribution < -0.4 is 14.9 Å². The maximum atomic E-state index is 12.4. The molecule has 0 heterocycles. The van der Waals surface area contributed by atoms with Crippen LogP contribution in [0.3, 0.4) is 0 Å². The van der Waals surface area contributed by atoms with Gasteiger partial charge in [-0.2, -0.15) is 5.10 Å². The Kier molecular flexibility index (Phi) is 8.65. The number of para-hydroxylation sites is 1. The number of benzene rings is 2. The Morgan fingerprint density at radius 2 is 1.96 bits per heavy atom. The van der Waals surface area contributed by atoms with E-state index in [1.807, 2.05) is 12.1 Å².